The third-order valence-electron chi connectivity index (χ3n) is 5.59. The Morgan fingerprint density at radius 1 is 1.32 bits per heavy atom. The van der Waals surface area contributed by atoms with Crippen LogP contribution in [-0.2, 0) is 0 Å². The zero-order valence-corrected chi connectivity index (χ0v) is 20.9. The van der Waals surface area contributed by atoms with Crippen LogP contribution in [0.3, 0.4) is 0 Å². The third kappa shape index (κ3) is 6.11. The monoisotopic (exact) mass is 567 g/mol. The molecule has 0 fully saturated rings. The van der Waals surface area contributed by atoms with E-state index in [1.165, 1.54) is 28.2 Å². The molecule has 3 aromatic rings. The number of ether oxygens (including phenoxy) is 1. The van der Waals surface area contributed by atoms with Crippen molar-refractivity contribution in [1.82, 2.24) is 14.8 Å². The summed E-state index contributed by atoms with van der Waals surface area (Å²) in [5.41, 5.74) is 1.80. The molecule has 9 nitrogen and oxygen atoms in total. The molecule has 2 amide bonds. The van der Waals surface area contributed by atoms with Gasteiger partial charge in [-0.25, -0.2) is 14.6 Å². The Labute approximate surface area is 220 Å². The second-order valence-corrected chi connectivity index (χ2v) is 8.84. The maximum Gasteiger partial charge on any atom is 0.387 e. The topological polar surface area (TPSA) is 91.1 Å². The van der Waals surface area contributed by atoms with Gasteiger partial charge in [0.2, 0.25) is 5.69 Å². The lowest BCUT2D eigenvalue weighted by molar-refractivity contribution is -0.0498. The van der Waals surface area contributed by atoms with Gasteiger partial charge in [0.15, 0.2) is 0 Å². The number of aromatic nitrogens is 2. The van der Waals surface area contributed by atoms with E-state index in [0.717, 1.165) is 4.47 Å². The quantitative estimate of drug-likeness (QED) is 0.328. The van der Waals surface area contributed by atoms with Crippen LogP contribution in [0.15, 0.2) is 70.5 Å². The lowest BCUT2D eigenvalue weighted by Gasteiger charge is -2.33. The standard InChI is InChI=1S/C25H20BrF2N7O2/c1-30-19-15-31-35(16-19)22-10-13-34(32-23(22)17-4-2-5-21(14-17)37-24(27)28)25(36)33(12-3-11-29)20-8-6-18(26)7-9-20/h2,4-9,14-16,22,24H,3,10,12-13H2. The van der Waals surface area contributed by atoms with Gasteiger partial charge in [-0.05, 0) is 42.8 Å². The lowest BCUT2D eigenvalue weighted by Crippen LogP contribution is -2.45. The molecule has 1 unspecified atom stereocenters. The normalized spacial score (nSPS) is 15.0. The maximum atomic E-state index is 13.6. The summed E-state index contributed by atoms with van der Waals surface area (Å²) in [4.78, 5) is 18.5. The first-order chi connectivity index (χ1) is 17.9. The van der Waals surface area contributed by atoms with Gasteiger partial charge < -0.3 is 4.74 Å². The van der Waals surface area contributed by atoms with E-state index in [9.17, 15) is 13.6 Å². The zero-order valence-electron chi connectivity index (χ0n) is 19.3. The number of amides is 2. The van der Waals surface area contributed by atoms with E-state index in [0.29, 0.717) is 29.1 Å². The van der Waals surface area contributed by atoms with Crippen LogP contribution in [0.2, 0.25) is 0 Å². The molecule has 1 atom stereocenters. The molecule has 1 aliphatic heterocycles. The van der Waals surface area contributed by atoms with Gasteiger partial charge in [-0.3, -0.25) is 9.58 Å². The number of hydrogen-bond donors (Lipinski definition) is 0. The molecule has 0 saturated carbocycles. The largest absolute Gasteiger partial charge is 0.435 e. The maximum absolute atomic E-state index is 13.6. The first-order valence-electron chi connectivity index (χ1n) is 11.2. The number of anilines is 1. The summed E-state index contributed by atoms with van der Waals surface area (Å²) in [5, 5.41) is 19.3. The minimum absolute atomic E-state index is 0.0507. The van der Waals surface area contributed by atoms with Gasteiger partial charge in [0.1, 0.15) is 5.75 Å². The van der Waals surface area contributed by atoms with E-state index in [1.807, 2.05) is 0 Å². The average Bonchev–Trinajstić information content (AvgIpc) is 3.38. The lowest BCUT2D eigenvalue weighted by atomic mass is 9.99. The summed E-state index contributed by atoms with van der Waals surface area (Å²) in [6.07, 6.45) is 3.52. The fourth-order valence-corrected chi connectivity index (χ4v) is 4.18. The molecule has 0 N–H and O–H groups in total. The summed E-state index contributed by atoms with van der Waals surface area (Å²) in [7, 11) is 0. The number of carbonyl (C=O) groups excluding carboxylic acids is 1. The van der Waals surface area contributed by atoms with Gasteiger partial charge in [0, 0.05) is 35.0 Å². The molecule has 2 aromatic carbocycles. The molecule has 0 aliphatic carbocycles. The fourth-order valence-electron chi connectivity index (χ4n) is 3.92. The van der Waals surface area contributed by atoms with Crippen LogP contribution in [0.4, 0.5) is 25.0 Å². The number of alkyl halides is 2. The highest BCUT2D eigenvalue weighted by molar-refractivity contribution is 9.10. The smallest absolute Gasteiger partial charge is 0.387 e. The molecule has 188 valence electrons. The molecule has 37 heavy (non-hydrogen) atoms. The molecule has 0 radical (unpaired) electrons. The van der Waals surface area contributed by atoms with Crippen LogP contribution in [0.5, 0.6) is 5.75 Å². The number of hydrazone groups is 1. The molecule has 0 spiro atoms. The van der Waals surface area contributed by atoms with Crippen LogP contribution in [-0.4, -0.2) is 46.2 Å². The summed E-state index contributed by atoms with van der Waals surface area (Å²) in [6.45, 7) is 4.63. The number of benzene rings is 2. The van der Waals surface area contributed by atoms with Gasteiger partial charge in [0.25, 0.3) is 0 Å². The highest BCUT2D eigenvalue weighted by atomic mass is 79.9. The first-order valence-corrected chi connectivity index (χ1v) is 12.0. The average molecular weight is 568 g/mol. The third-order valence-corrected chi connectivity index (χ3v) is 6.12. The number of hydrogen-bond acceptors (Lipinski definition) is 5. The number of halogens is 3. The Morgan fingerprint density at radius 3 is 2.78 bits per heavy atom. The SMILES string of the molecule is [C-]#[N+]c1cnn(C2CCN(C(=O)N(CCC#N)c3ccc(Br)cc3)N=C2c2cccc(OC(F)F)c2)c1. The summed E-state index contributed by atoms with van der Waals surface area (Å²) < 4.78 is 32.7. The second kappa shape index (κ2) is 11.6. The van der Waals surface area contributed by atoms with E-state index in [-0.39, 0.29) is 25.3 Å². The van der Waals surface area contributed by atoms with Crippen molar-refractivity contribution in [3.8, 4) is 11.8 Å². The van der Waals surface area contributed by atoms with Crippen LogP contribution >= 0.6 is 15.9 Å². The van der Waals surface area contributed by atoms with Crippen molar-refractivity contribution in [2.24, 2.45) is 5.10 Å². The summed E-state index contributed by atoms with van der Waals surface area (Å²) in [5.74, 6) is -0.0507. The van der Waals surface area contributed by atoms with Gasteiger partial charge in [0.05, 0.1) is 37.0 Å². The van der Waals surface area contributed by atoms with Crippen molar-refractivity contribution >= 4 is 39.0 Å². The number of carbonyl (C=O) groups is 1. The Kier molecular flexibility index (Phi) is 8.11. The Hall–Kier alpha value is -4.29. The number of nitriles is 1. The Morgan fingerprint density at radius 2 is 2.11 bits per heavy atom. The van der Waals surface area contributed by atoms with Crippen LogP contribution < -0.4 is 9.64 Å². The van der Waals surface area contributed by atoms with Crippen molar-refractivity contribution in [2.75, 3.05) is 18.0 Å². The van der Waals surface area contributed by atoms with Gasteiger partial charge in [-0.15, -0.1) is 0 Å². The van der Waals surface area contributed by atoms with E-state index < -0.39 is 18.7 Å². The van der Waals surface area contributed by atoms with Gasteiger partial charge >= 0.3 is 12.6 Å². The molecule has 2 heterocycles. The minimum atomic E-state index is -3.00. The van der Waals surface area contributed by atoms with Crippen LogP contribution in [0, 0.1) is 17.9 Å². The van der Waals surface area contributed by atoms with Crippen molar-refractivity contribution in [3.63, 3.8) is 0 Å². The molecular weight excluding hydrogens is 548 g/mol. The molecular formula is C25H20BrF2N7O2. The molecule has 0 saturated heterocycles. The number of urea groups is 1. The van der Waals surface area contributed by atoms with E-state index >= 15 is 0 Å². The van der Waals surface area contributed by atoms with Crippen molar-refractivity contribution in [1.29, 1.82) is 5.26 Å². The Balaban J connectivity index is 1.73. The fraction of sp³-hybridized carbons (Fsp3) is 0.240. The minimum Gasteiger partial charge on any atom is -0.435 e. The summed E-state index contributed by atoms with van der Waals surface area (Å²) >= 11 is 3.38. The summed E-state index contributed by atoms with van der Waals surface area (Å²) in [6, 6.07) is 14.3. The molecule has 12 heteroatoms. The predicted octanol–water partition coefficient (Wildman–Crippen LogP) is 5.99. The highest BCUT2D eigenvalue weighted by Gasteiger charge is 2.32. The van der Waals surface area contributed by atoms with Crippen molar-refractivity contribution < 1.29 is 18.3 Å². The van der Waals surface area contributed by atoms with Crippen LogP contribution in [0.1, 0.15) is 24.4 Å². The van der Waals surface area contributed by atoms with E-state index in [1.54, 1.807) is 47.3 Å². The Bertz CT molecular complexity index is 1380. The second-order valence-electron chi connectivity index (χ2n) is 7.93. The molecule has 1 aliphatic rings. The number of rotatable bonds is 7. The molecule has 1 aromatic heterocycles. The number of nitrogens with zero attached hydrogens (tertiary/aromatic N) is 7. The van der Waals surface area contributed by atoms with Gasteiger partial charge in [-0.1, -0.05) is 28.1 Å². The molecule has 4 rings (SSSR count). The van der Waals surface area contributed by atoms with Crippen LogP contribution in [0.25, 0.3) is 4.85 Å². The van der Waals surface area contributed by atoms with Crippen molar-refractivity contribution in [2.45, 2.75) is 25.5 Å². The van der Waals surface area contributed by atoms with Gasteiger partial charge in [-0.2, -0.15) is 24.2 Å². The van der Waals surface area contributed by atoms with Crippen molar-refractivity contribution in [3.05, 3.63) is 82.4 Å². The predicted molar refractivity (Wildman–Crippen MR) is 136 cm³/mol. The highest BCUT2D eigenvalue weighted by Crippen LogP contribution is 2.29. The van der Waals surface area contributed by atoms with E-state index in [2.05, 4.69) is 41.8 Å². The van der Waals surface area contributed by atoms with E-state index in [4.69, 9.17) is 11.8 Å². The first kappa shape index (κ1) is 25.8. The molecule has 0 bridgehead atoms. The zero-order chi connectivity index (χ0) is 26.4.